The topological polar surface area (TPSA) is 16.1 Å². The zero-order valence-electron chi connectivity index (χ0n) is 14.9. The lowest BCUT2D eigenvalue weighted by Crippen LogP contribution is -2.46. The van der Waals surface area contributed by atoms with Gasteiger partial charge in [0.1, 0.15) is 5.15 Å². The van der Waals surface area contributed by atoms with Crippen molar-refractivity contribution in [2.24, 2.45) is 5.92 Å². The molecule has 0 saturated carbocycles. The fourth-order valence-corrected chi connectivity index (χ4v) is 4.97. The molecule has 2 aliphatic heterocycles. The van der Waals surface area contributed by atoms with E-state index in [1.54, 1.807) is 5.56 Å². The van der Waals surface area contributed by atoms with Crippen molar-refractivity contribution in [2.75, 3.05) is 6.54 Å². The lowest BCUT2D eigenvalue weighted by Gasteiger charge is -2.42. The predicted octanol–water partition coefficient (Wildman–Crippen LogP) is 5.27. The van der Waals surface area contributed by atoms with Crippen LogP contribution < -0.4 is 0 Å². The molecule has 2 nitrogen and oxygen atoms in total. The summed E-state index contributed by atoms with van der Waals surface area (Å²) in [5, 5.41) is 1.83. The average Bonchev–Trinajstić information content (AvgIpc) is 2.63. The van der Waals surface area contributed by atoms with Gasteiger partial charge < -0.3 is 0 Å². The second kappa shape index (κ2) is 6.68. The Bertz CT molecular complexity index is 952. The normalized spacial score (nSPS) is 22.8. The molecule has 2 aromatic carbocycles. The average molecular weight is 363 g/mol. The molecule has 0 unspecified atom stereocenters. The fourth-order valence-electron chi connectivity index (χ4n) is 4.76. The first-order valence-electron chi connectivity index (χ1n) is 9.61. The molecule has 3 aromatic rings. The van der Waals surface area contributed by atoms with E-state index in [1.807, 2.05) is 12.1 Å². The Kier molecular flexibility index (Phi) is 4.18. The molecule has 1 fully saturated rings. The second-order valence-electron chi connectivity index (χ2n) is 7.83. The molecule has 3 heteroatoms. The van der Waals surface area contributed by atoms with Gasteiger partial charge in [0, 0.05) is 30.1 Å². The summed E-state index contributed by atoms with van der Waals surface area (Å²) in [6.45, 7) is 2.07. The zero-order chi connectivity index (χ0) is 17.5. The summed E-state index contributed by atoms with van der Waals surface area (Å²) in [5.74, 6) is 0.750. The van der Waals surface area contributed by atoms with Gasteiger partial charge in [-0.2, -0.15) is 0 Å². The van der Waals surface area contributed by atoms with E-state index in [1.165, 1.54) is 36.8 Å². The third-order valence-electron chi connectivity index (χ3n) is 6.12. The number of hydrogen-bond acceptors (Lipinski definition) is 2. The molecule has 0 amide bonds. The molecule has 0 spiro atoms. The van der Waals surface area contributed by atoms with Crippen LogP contribution in [0.25, 0.3) is 10.9 Å². The number of benzene rings is 2. The van der Waals surface area contributed by atoms with E-state index in [9.17, 15) is 0 Å². The van der Waals surface area contributed by atoms with Crippen molar-refractivity contribution in [1.82, 2.24) is 9.88 Å². The molecule has 132 valence electrons. The highest BCUT2D eigenvalue weighted by Gasteiger charge is 2.32. The minimum atomic E-state index is 0.607. The minimum absolute atomic E-state index is 0.607. The van der Waals surface area contributed by atoms with Gasteiger partial charge in [0.25, 0.3) is 0 Å². The number of pyridine rings is 1. The number of nitrogens with zero attached hydrogens (tertiary/aromatic N) is 2. The highest BCUT2D eigenvalue weighted by molar-refractivity contribution is 6.30. The van der Waals surface area contributed by atoms with E-state index in [0.717, 1.165) is 30.0 Å². The van der Waals surface area contributed by atoms with Crippen LogP contribution in [0.5, 0.6) is 0 Å². The minimum Gasteiger partial charge on any atom is -0.295 e. The molecule has 26 heavy (non-hydrogen) atoms. The SMILES string of the molecule is Clc1nc2ccccc2cc1CN1C[C@H]2CC[C@@H]1Cc1ccccc1C2. The molecular weight excluding hydrogens is 340 g/mol. The van der Waals surface area contributed by atoms with Crippen LogP contribution in [-0.2, 0) is 19.4 Å². The molecule has 1 aliphatic carbocycles. The molecule has 3 heterocycles. The van der Waals surface area contributed by atoms with Gasteiger partial charge >= 0.3 is 0 Å². The molecule has 6 rings (SSSR count). The van der Waals surface area contributed by atoms with Crippen molar-refractivity contribution < 1.29 is 0 Å². The van der Waals surface area contributed by atoms with E-state index < -0.39 is 0 Å². The second-order valence-corrected chi connectivity index (χ2v) is 8.19. The van der Waals surface area contributed by atoms with Gasteiger partial charge in [-0.05, 0) is 54.9 Å². The third kappa shape index (κ3) is 3.02. The van der Waals surface area contributed by atoms with E-state index in [4.69, 9.17) is 11.6 Å². The summed E-state index contributed by atoms with van der Waals surface area (Å²) in [5.41, 5.74) is 5.23. The number of piperidine rings is 1. The summed E-state index contributed by atoms with van der Waals surface area (Å²) in [6.07, 6.45) is 5.00. The van der Waals surface area contributed by atoms with Crippen LogP contribution in [0.2, 0.25) is 5.15 Å². The van der Waals surface area contributed by atoms with Gasteiger partial charge in [0.2, 0.25) is 0 Å². The lowest BCUT2D eigenvalue weighted by atomic mass is 9.80. The maximum absolute atomic E-state index is 6.54. The van der Waals surface area contributed by atoms with Gasteiger partial charge in [0.05, 0.1) is 5.52 Å². The highest BCUT2D eigenvalue weighted by Crippen LogP contribution is 2.34. The Morgan fingerprint density at radius 1 is 0.962 bits per heavy atom. The summed E-state index contributed by atoms with van der Waals surface area (Å²) in [4.78, 5) is 7.27. The molecule has 1 saturated heterocycles. The molecule has 0 N–H and O–H groups in total. The number of fused-ring (bicyclic) bond motifs is 3. The summed E-state index contributed by atoms with van der Waals surface area (Å²) in [6, 6.07) is 20.1. The number of rotatable bonds is 2. The van der Waals surface area contributed by atoms with E-state index >= 15 is 0 Å². The molecule has 3 aliphatic rings. The van der Waals surface area contributed by atoms with Crippen LogP contribution in [0.1, 0.15) is 29.5 Å². The Hall–Kier alpha value is -1.90. The van der Waals surface area contributed by atoms with Crippen LogP contribution >= 0.6 is 11.6 Å². The van der Waals surface area contributed by atoms with E-state index in [-0.39, 0.29) is 0 Å². The number of para-hydroxylation sites is 1. The van der Waals surface area contributed by atoms with Crippen LogP contribution in [0.15, 0.2) is 54.6 Å². The predicted molar refractivity (Wildman–Crippen MR) is 108 cm³/mol. The van der Waals surface area contributed by atoms with Crippen molar-refractivity contribution in [3.8, 4) is 0 Å². The van der Waals surface area contributed by atoms with Crippen molar-refractivity contribution >= 4 is 22.5 Å². The summed E-state index contributed by atoms with van der Waals surface area (Å²) >= 11 is 6.54. The van der Waals surface area contributed by atoms with Crippen molar-refractivity contribution in [3.05, 3.63) is 76.4 Å². The smallest absolute Gasteiger partial charge is 0.134 e. The number of aromatic nitrogens is 1. The van der Waals surface area contributed by atoms with Crippen molar-refractivity contribution in [3.63, 3.8) is 0 Å². The maximum Gasteiger partial charge on any atom is 0.134 e. The largest absolute Gasteiger partial charge is 0.295 e. The van der Waals surface area contributed by atoms with Gasteiger partial charge in [-0.1, -0.05) is 54.1 Å². The van der Waals surface area contributed by atoms with Crippen LogP contribution in [0.3, 0.4) is 0 Å². The van der Waals surface area contributed by atoms with Crippen LogP contribution in [0.4, 0.5) is 0 Å². The number of hydrogen-bond donors (Lipinski definition) is 0. The molecular formula is C23H23ClN2. The Labute approximate surface area is 159 Å². The highest BCUT2D eigenvalue weighted by atomic mass is 35.5. The van der Waals surface area contributed by atoms with Gasteiger partial charge in [0.15, 0.2) is 0 Å². The Balaban J connectivity index is 1.45. The van der Waals surface area contributed by atoms with Crippen LogP contribution in [-0.4, -0.2) is 22.5 Å². The maximum atomic E-state index is 6.54. The first-order valence-corrected chi connectivity index (χ1v) is 9.99. The lowest BCUT2D eigenvalue weighted by molar-refractivity contribution is 0.0938. The summed E-state index contributed by atoms with van der Waals surface area (Å²) in [7, 11) is 0. The fraction of sp³-hybridized carbons (Fsp3) is 0.348. The van der Waals surface area contributed by atoms with Crippen LogP contribution in [0, 0.1) is 5.92 Å². The Morgan fingerprint density at radius 3 is 2.62 bits per heavy atom. The first-order chi connectivity index (χ1) is 12.8. The van der Waals surface area contributed by atoms with Crippen molar-refractivity contribution in [2.45, 2.75) is 38.3 Å². The van der Waals surface area contributed by atoms with E-state index in [0.29, 0.717) is 11.2 Å². The molecule has 0 radical (unpaired) electrons. The van der Waals surface area contributed by atoms with Gasteiger partial charge in [-0.25, -0.2) is 4.98 Å². The standard InChI is InChI=1S/C23H23ClN2/c24-23-20(12-19-7-3-4-8-22(19)25-23)15-26-14-16-9-10-21(26)13-18-6-2-1-5-17(18)11-16/h1-8,12,16,21H,9-11,13-15H2/t16-,21+/m0/s1. The number of halogens is 1. The molecule has 1 aromatic heterocycles. The first kappa shape index (κ1) is 16.3. The monoisotopic (exact) mass is 362 g/mol. The summed E-state index contributed by atoms with van der Waals surface area (Å²) < 4.78 is 0. The van der Waals surface area contributed by atoms with Gasteiger partial charge in [-0.15, -0.1) is 0 Å². The quantitative estimate of drug-likeness (QED) is 0.577. The molecule has 2 atom stereocenters. The van der Waals surface area contributed by atoms with Crippen molar-refractivity contribution in [1.29, 1.82) is 0 Å². The van der Waals surface area contributed by atoms with E-state index in [2.05, 4.69) is 52.3 Å². The zero-order valence-corrected chi connectivity index (χ0v) is 15.6. The third-order valence-corrected chi connectivity index (χ3v) is 6.45. The van der Waals surface area contributed by atoms with Gasteiger partial charge in [-0.3, -0.25) is 4.90 Å². The Morgan fingerprint density at radius 2 is 1.73 bits per heavy atom. The molecule has 2 bridgehead atoms.